The summed E-state index contributed by atoms with van der Waals surface area (Å²) in [4.78, 5) is 28.0. The molecule has 1 N–H and O–H groups in total. The summed E-state index contributed by atoms with van der Waals surface area (Å²) in [5, 5.41) is 2.52. The Morgan fingerprint density at radius 1 is 1.17 bits per heavy atom. The van der Waals surface area contributed by atoms with Crippen LogP contribution < -0.4 is 5.43 Å². The van der Waals surface area contributed by atoms with Crippen molar-refractivity contribution in [1.29, 1.82) is 0 Å². The first kappa shape index (κ1) is 17.8. The number of nitrogens with zero attached hydrogens (tertiary/aromatic N) is 2. The molecular weight excluding hydrogens is 334 g/mol. The Kier molecular flexibility index (Phi) is 6.20. The van der Waals surface area contributed by atoms with E-state index in [4.69, 9.17) is 21.1 Å². The van der Waals surface area contributed by atoms with Crippen molar-refractivity contribution in [2.24, 2.45) is 0 Å². The van der Waals surface area contributed by atoms with E-state index in [-0.39, 0.29) is 19.8 Å². The van der Waals surface area contributed by atoms with Crippen LogP contribution in [0.15, 0.2) is 30.3 Å². The molecule has 0 saturated carbocycles. The maximum atomic E-state index is 12.0. The van der Waals surface area contributed by atoms with Crippen LogP contribution in [0.3, 0.4) is 0 Å². The lowest BCUT2D eigenvalue weighted by Gasteiger charge is -2.21. The quantitative estimate of drug-likeness (QED) is 0.852. The number of ether oxygens (including phenoxy) is 2. The number of benzene rings is 1. The third-order valence-corrected chi connectivity index (χ3v) is 3.25. The van der Waals surface area contributed by atoms with Gasteiger partial charge in [0.05, 0.1) is 31.0 Å². The maximum absolute atomic E-state index is 12.0. The summed E-state index contributed by atoms with van der Waals surface area (Å²) >= 11 is 5.95. The number of fused-ring (bicyclic) bond motifs is 1. The van der Waals surface area contributed by atoms with Gasteiger partial charge < -0.3 is 9.47 Å². The van der Waals surface area contributed by atoms with Gasteiger partial charge in [-0.1, -0.05) is 17.7 Å². The third kappa shape index (κ3) is 4.73. The van der Waals surface area contributed by atoms with E-state index in [0.717, 1.165) is 15.9 Å². The summed E-state index contributed by atoms with van der Waals surface area (Å²) in [5.41, 5.74) is 3.66. The minimum atomic E-state index is -0.738. The van der Waals surface area contributed by atoms with Gasteiger partial charge in [-0.25, -0.2) is 20.0 Å². The van der Waals surface area contributed by atoms with Crippen LogP contribution in [-0.4, -0.2) is 35.4 Å². The zero-order valence-electron chi connectivity index (χ0n) is 13.4. The topological polar surface area (TPSA) is 80.8 Å². The highest BCUT2D eigenvalue weighted by molar-refractivity contribution is 6.31. The van der Waals surface area contributed by atoms with Crippen molar-refractivity contribution >= 4 is 34.7 Å². The van der Waals surface area contributed by atoms with E-state index in [2.05, 4.69) is 10.4 Å². The maximum Gasteiger partial charge on any atom is 0.429 e. The van der Waals surface area contributed by atoms with E-state index in [1.807, 2.05) is 6.07 Å². The van der Waals surface area contributed by atoms with E-state index < -0.39 is 12.2 Å². The number of halogens is 1. The molecule has 0 unspecified atom stereocenters. The number of hydrazine groups is 1. The molecule has 2 aromatic rings. The van der Waals surface area contributed by atoms with Crippen LogP contribution >= 0.6 is 11.6 Å². The predicted molar refractivity (Wildman–Crippen MR) is 89.5 cm³/mol. The molecule has 1 heterocycles. The Morgan fingerprint density at radius 2 is 1.92 bits per heavy atom. The molecule has 0 fully saturated rings. The standard InChI is InChI=1S/C16H18ClN3O4/c1-3-23-15(21)19-20(16(22)24-4-2)10-13-7-5-11-9-12(17)6-8-14(11)18-13/h5-9H,3-4,10H2,1-2H3,(H,19,21). The van der Waals surface area contributed by atoms with Gasteiger partial charge in [0.2, 0.25) is 0 Å². The second-order valence-electron chi connectivity index (χ2n) is 4.76. The first-order valence-corrected chi connectivity index (χ1v) is 7.84. The smallest absolute Gasteiger partial charge is 0.429 e. The largest absolute Gasteiger partial charge is 0.449 e. The summed E-state index contributed by atoms with van der Waals surface area (Å²) in [5.74, 6) is 0. The molecule has 0 aliphatic heterocycles. The second-order valence-corrected chi connectivity index (χ2v) is 5.19. The van der Waals surface area contributed by atoms with Crippen LogP contribution in [0.5, 0.6) is 0 Å². The van der Waals surface area contributed by atoms with Crippen LogP contribution in [0.1, 0.15) is 19.5 Å². The van der Waals surface area contributed by atoms with Crippen LogP contribution in [0.25, 0.3) is 10.9 Å². The number of amides is 2. The minimum Gasteiger partial charge on any atom is -0.449 e. The molecule has 24 heavy (non-hydrogen) atoms. The molecule has 8 heteroatoms. The number of pyridine rings is 1. The van der Waals surface area contributed by atoms with Gasteiger partial charge in [0.25, 0.3) is 0 Å². The van der Waals surface area contributed by atoms with Gasteiger partial charge >= 0.3 is 12.2 Å². The number of hydrogen-bond acceptors (Lipinski definition) is 5. The highest BCUT2D eigenvalue weighted by Gasteiger charge is 2.19. The van der Waals surface area contributed by atoms with Crippen molar-refractivity contribution in [2.75, 3.05) is 13.2 Å². The number of hydrogen-bond donors (Lipinski definition) is 1. The van der Waals surface area contributed by atoms with Crippen molar-refractivity contribution in [2.45, 2.75) is 20.4 Å². The molecule has 0 spiro atoms. The van der Waals surface area contributed by atoms with Crippen LogP contribution in [-0.2, 0) is 16.0 Å². The molecule has 0 saturated heterocycles. The van der Waals surface area contributed by atoms with Gasteiger partial charge in [-0.05, 0) is 38.1 Å². The molecule has 128 valence electrons. The number of carbonyl (C=O) groups is 2. The Hall–Kier alpha value is -2.54. The van der Waals surface area contributed by atoms with Crippen molar-refractivity contribution in [1.82, 2.24) is 15.4 Å². The van der Waals surface area contributed by atoms with Gasteiger partial charge in [0.1, 0.15) is 0 Å². The molecular formula is C16H18ClN3O4. The molecule has 2 rings (SSSR count). The van der Waals surface area contributed by atoms with E-state index in [1.54, 1.807) is 38.1 Å². The monoisotopic (exact) mass is 351 g/mol. The molecule has 1 aromatic heterocycles. The predicted octanol–water partition coefficient (Wildman–Crippen LogP) is 3.51. The fourth-order valence-electron chi connectivity index (χ4n) is 2.01. The van der Waals surface area contributed by atoms with Crippen molar-refractivity contribution < 1.29 is 19.1 Å². The Bertz CT molecular complexity index is 738. The van der Waals surface area contributed by atoms with Crippen LogP contribution in [0.2, 0.25) is 5.02 Å². The SMILES string of the molecule is CCOC(=O)NN(Cc1ccc2cc(Cl)ccc2n1)C(=O)OCC. The molecule has 1 aromatic carbocycles. The molecule has 7 nitrogen and oxygen atoms in total. The molecule has 0 bridgehead atoms. The highest BCUT2D eigenvalue weighted by atomic mass is 35.5. The average molecular weight is 352 g/mol. The van der Waals surface area contributed by atoms with Crippen molar-refractivity contribution in [3.05, 3.63) is 41.0 Å². The zero-order chi connectivity index (χ0) is 17.5. The third-order valence-electron chi connectivity index (χ3n) is 3.02. The lowest BCUT2D eigenvalue weighted by molar-refractivity contribution is 0.0707. The Morgan fingerprint density at radius 3 is 2.62 bits per heavy atom. The van der Waals surface area contributed by atoms with Gasteiger partial charge in [-0.2, -0.15) is 0 Å². The summed E-state index contributed by atoms with van der Waals surface area (Å²) in [6, 6.07) is 8.91. The first-order valence-electron chi connectivity index (χ1n) is 7.46. The summed E-state index contributed by atoms with van der Waals surface area (Å²) in [6.45, 7) is 3.76. The van der Waals surface area contributed by atoms with Gasteiger partial charge in [-0.3, -0.25) is 4.98 Å². The highest BCUT2D eigenvalue weighted by Crippen LogP contribution is 2.18. The van der Waals surface area contributed by atoms with Gasteiger partial charge in [0, 0.05) is 10.4 Å². The fourth-order valence-corrected chi connectivity index (χ4v) is 2.19. The van der Waals surface area contributed by atoms with E-state index in [9.17, 15) is 9.59 Å². The summed E-state index contributed by atoms with van der Waals surface area (Å²) in [7, 11) is 0. The summed E-state index contributed by atoms with van der Waals surface area (Å²) < 4.78 is 9.72. The first-order chi connectivity index (χ1) is 11.5. The Labute approximate surface area is 144 Å². The molecule has 0 atom stereocenters. The lowest BCUT2D eigenvalue weighted by Crippen LogP contribution is -2.46. The fraction of sp³-hybridized carbons (Fsp3) is 0.312. The molecule has 0 radical (unpaired) electrons. The Balaban J connectivity index is 2.19. The van der Waals surface area contributed by atoms with Crippen molar-refractivity contribution in [3.63, 3.8) is 0 Å². The molecule has 0 aliphatic carbocycles. The summed E-state index contributed by atoms with van der Waals surface area (Å²) in [6.07, 6.45) is -1.43. The van der Waals surface area contributed by atoms with E-state index in [0.29, 0.717) is 10.7 Å². The van der Waals surface area contributed by atoms with E-state index >= 15 is 0 Å². The van der Waals surface area contributed by atoms with Crippen molar-refractivity contribution in [3.8, 4) is 0 Å². The number of aromatic nitrogens is 1. The lowest BCUT2D eigenvalue weighted by atomic mass is 10.2. The van der Waals surface area contributed by atoms with Gasteiger partial charge in [-0.15, -0.1) is 0 Å². The second kappa shape index (κ2) is 8.35. The van der Waals surface area contributed by atoms with Crippen LogP contribution in [0, 0.1) is 0 Å². The normalized spacial score (nSPS) is 10.3. The molecule has 0 aliphatic rings. The van der Waals surface area contributed by atoms with E-state index in [1.165, 1.54) is 0 Å². The number of nitrogens with one attached hydrogen (secondary N) is 1. The minimum absolute atomic E-state index is 0.0379. The average Bonchev–Trinajstić information content (AvgIpc) is 2.55. The number of carbonyl (C=O) groups excluding carboxylic acids is 2. The van der Waals surface area contributed by atoms with Crippen LogP contribution in [0.4, 0.5) is 9.59 Å². The number of rotatable bonds is 4. The molecule has 2 amide bonds. The van der Waals surface area contributed by atoms with Gasteiger partial charge in [0.15, 0.2) is 0 Å². The zero-order valence-corrected chi connectivity index (χ0v) is 14.2.